The molecule has 0 aliphatic carbocycles. The molecular weight excluding hydrogens is 310 g/mol. The molecule has 0 aliphatic rings. The topological polar surface area (TPSA) is 146 Å². The highest BCUT2D eigenvalue weighted by Gasteiger charge is 2.17. The highest BCUT2D eigenvalue weighted by Crippen LogP contribution is 2.30. The Hall–Kier alpha value is -3.52. The summed E-state index contributed by atoms with van der Waals surface area (Å²) < 4.78 is 0. The number of carbonyl (C=O) groups excluding carboxylic acids is 2. The third-order valence-electron chi connectivity index (χ3n) is 3.64. The number of nitrogens with two attached hydrogens (primary N) is 2. The molecule has 0 fully saturated rings. The number of hydrogen-bond donors (Lipinski definition) is 6. The van der Waals surface area contributed by atoms with E-state index >= 15 is 0 Å². The van der Waals surface area contributed by atoms with E-state index in [0.717, 1.165) is 11.1 Å². The second kappa shape index (κ2) is 5.94. The lowest BCUT2D eigenvalue weighted by Gasteiger charge is -2.04. The van der Waals surface area contributed by atoms with Gasteiger partial charge in [0, 0.05) is 10.9 Å². The number of nitrogens with one attached hydrogen (secondary N) is 3. The molecule has 8 N–H and O–H groups in total. The van der Waals surface area contributed by atoms with Crippen LogP contribution < -0.4 is 22.3 Å². The molecule has 0 saturated heterocycles. The molecule has 24 heavy (non-hydrogen) atoms. The number of rotatable bonds is 4. The van der Waals surface area contributed by atoms with Crippen LogP contribution in [0.5, 0.6) is 0 Å². The first kappa shape index (κ1) is 15.4. The van der Waals surface area contributed by atoms with Crippen molar-refractivity contribution >= 4 is 34.3 Å². The summed E-state index contributed by atoms with van der Waals surface area (Å²) in [6.45, 7) is 0. The van der Waals surface area contributed by atoms with Crippen LogP contribution in [0.2, 0.25) is 0 Å². The maximum absolute atomic E-state index is 11.7. The zero-order valence-electron chi connectivity index (χ0n) is 12.5. The maximum atomic E-state index is 11.7. The first-order chi connectivity index (χ1) is 11.5. The molecule has 1 heterocycles. The van der Waals surface area contributed by atoms with Gasteiger partial charge in [0.1, 0.15) is 5.82 Å². The summed E-state index contributed by atoms with van der Waals surface area (Å²) in [6.07, 6.45) is 0. The van der Waals surface area contributed by atoms with Crippen molar-refractivity contribution in [3.05, 3.63) is 48.0 Å². The molecule has 3 aromatic rings. The van der Waals surface area contributed by atoms with Crippen molar-refractivity contribution in [3.8, 4) is 11.1 Å². The summed E-state index contributed by atoms with van der Waals surface area (Å²) in [6, 6.07) is 11.7. The van der Waals surface area contributed by atoms with Crippen molar-refractivity contribution in [1.29, 1.82) is 0 Å². The van der Waals surface area contributed by atoms with Crippen LogP contribution in [0, 0.1) is 0 Å². The molecule has 0 unspecified atom stereocenters. The Bertz CT molecular complexity index is 931. The summed E-state index contributed by atoms with van der Waals surface area (Å²) in [7, 11) is 0. The predicted molar refractivity (Wildman–Crippen MR) is 90.9 cm³/mol. The van der Waals surface area contributed by atoms with Gasteiger partial charge in [0.15, 0.2) is 0 Å². The Morgan fingerprint density at radius 3 is 2.25 bits per heavy atom. The summed E-state index contributed by atoms with van der Waals surface area (Å²) in [5, 5.41) is 11.8. The zero-order valence-corrected chi connectivity index (χ0v) is 12.5. The SMILES string of the molecule is NC(=O)Nc1[nH]c2cc(-c3ccc(NO)cc3)ccc2c1C(N)=O. The number of amides is 3. The molecule has 0 saturated carbocycles. The minimum Gasteiger partial charge on any atom is -0.365 e. The van der Waals surface area contributed by atoms with Crippen LogP contribution in [0.3, 0.4) is 0 Å². The molecule has 0 radical (unpaired) electrons. The number of H-pyrrole nitrogens is 1. The van der Waals surface area contributed by atoms with Crippen LogP contribution in [-0.4, -0.2) is 22.1 Å². The fraction of sp³-hybridized carbons (Fsp3) is 0. The van der Waals surface area contributed by atoms with Crippen molar-refractivity contribution in [1.82, 2.24) is 4.98 Å². The first-order valence-electron chi connectivity index (χ1n) is 7.02. The lowest BCUT2D eigenvalue weighted by atomic mass is 10.0. The van der Waals surface area contributed by atoms with Gasteiger partial charge in [0.05, 0.1) is 11.3 Å². The predicted octanol–water partition coefficient (Wildman–Crippen LogP) is 2.23. The number of urea groups is 1. The van der Waals surface area contributed by atoms with Crippen LogP contribution in [0.15, 0.2) is 42.5 Å². The highest BCUT2D eigenvalue weighted by molar-refractivity contribution is 6.13. The van der Waals surface area contributed by atoms with Gasteiger partial charge in [-0.3, -0.25) is 20.8 Å². The van der Waals surface area contributed by atoms with Crippen LogP contribution in [0.1, 0.15) is 10.4 Å². The Balaban J connectivity index is 2.10. The lowest BCUT2D eigenvalue weighted by Crippen LogP contribution is -2.22. The van der Waals surface area contributed by atoms with Gasteiger partial charge in [0.2, 0.25) is 0 Å². The average molecular weight is 325 g/mol. The molecule has 8 nitrogen and oxygen atoms in total. The van der Waals surface area contributed by atoms with E-state index in [0.29, 0.717) is 16.6 Å². The number of primary amides is 2. The Kier molecular flexibility index (Phi) is 3.80. The summed E-state index contributed by atoms with van der Waals surface area (Å²) in [5.41, 5.74) is 15.8. The maximum Gasteiger partial charge on any atom is 0.317 e. The number of benzene rings is 2. The molecule has 3 rings (SSSR count). The van der Waals surface area contributed by atoms with Gasteiger partial charge in [-0.2, -0.15) is 0 Å². The number of anilines is 2. The van der Waals surface area contributed by atoms with Gasteiger partial charge >= 0.3 is 6.03 Å². The van der Waals surface area contributed by atoms with Gasteiger partial charge < -0.3 is 16.5 Å². The number of aromatic amines is 1. The Morgan fingerprint density at radius 2 is 1.67 bits per heavy atom. The van der Waals surface area contributed by atoms with Crippen molar-refractivity contribution < 1.29 is 14.8 Å². The summed E-state index contributed by atoms with van der Waals surface area (Å²) >= 11 is 0. The average Bonchev–Trinajstić information content (AvgIpc) is 2.91. The van der Waals surface area contributed by atoms with Crippen LogP contribution in [0.4, 0.5) is 16.3 Å². The number of hydrogen-bond acceptors (Lipinski definition) is 4. The standard InChI is InChI=1S/C16H15N5O3/c17-14(22)13-11-6-3-9(8-1-4-10(21-24)5-2-8)7-12(11)19-15(13)20-16(18)23/h1-7,19,21,24H,(H2,17,22)(H3,18,20,23). The quantitative estimate of drug-likeness (QED) is 0.408. The summed E-state index contributed by atoms with van der Waals surface area (Å²) in [5.74, 6) is -0.502. The molecule has 3 amide bonds. The van der Waals surface area contributed by atoms with Crippen LogP contribution >= 0.6 is 0 Å². The van der Waals surface area contributed by atoms with E-state index in [-0.39, 0.29) is 11.4 Å². The molecule has 122 valence electrons. The highest BCUT2D eigenvalue weighted by atomic mass is 16.5. The van der Waals surface area contributed by atoms with E-state index in [2.05, 4.69) is 15.8 Å². The minimum absolute atomic E-state index is 0.168. The van der Waals surface area contributed by atoms with E-state index in [4.69, 9.17) is 16.7 Å². The molecule has 0 atom stereocenters. The minimum atomic E-state index is -0.795. The molecule has 0 spiro atoms. The van der Waals surface area contributed by atoms with Crippen molar-refractivity contribution in [2.75, 3.05) is 10.8 Å². The van der Waals surface area contributed by atoms with Gasteiger partial charge in [-0.25, -0.2) is 4.79 Å². The number of carbonyl (C=O) groups is 2. The van der Waals surface area contributed by atoms with Crippen molar-refractivity contribution in [2.24, 2.45) is 11.5 Å². The molecule has 2 aromatic carbocycles. The second-order valence-electron chi connectivity index (χ2n) is 5.18. The van der Waals surface area contributed by atoms with Gasteiger partial charge in [-0.05, 0) is 29.3 Å². The van der Waals surface area contributed by atoms with E-state index in [1.165, 1.54) is 0 Å². The third-order valence-corrected chi connectivity index (χ3v) is 3.64. The largest absolute Gasteiger partial charge is 0.365 e. The first-order valence-corrected chi connectivity index (χ1v) is 7.02. The van der Waals surface area contributed by atoms with Crippen molar-refractivity contribution in [2.45, 2.75) is 0 Å². The molecular formula is C16H15N5O3. The lowest BCUT2D eigenvalue weighted by molar-refractivity contribution is 0.100. The Labute approximate surface area is 136 Å². The molecule has 0 bridgehead atoms. The van der Waals surface area contributed by atoms with E-state index in [1.807, 2.05) is 24.3 Å². The number of fused-ring (bicyclic) bond motifs is 1. The van der Waals surface area contributed by atoms with E-state index in [9.17, 15) is 9.59 Å². The van der Waals surface area contributed by atoms with E-state index in [1.54, 1.807) is 18.2 Å². The molecule has 1 aromatic heterocycles. The van der Waals surface area contributed by atoms with Crippen molar-refractivity contribution in [3.63, 3.8) is 0 Å². The van der Waals surface area contributed by atoms with Gasteiger partial charge in [-0.15, -0.1) is 0 Å². The zero-order chi connectivity index (χ0) is 17.3. The smallest absolute Gasteiger partial charge is 0.317 e. The number of aromatic nitrogens is 1. The second-order valence-corrected chi connectivity index (χ2v) is 5.18. The molecule has 8 heteroatoms. The fourth-order valence-corrected chi connectivity index (χ4v) is 2.59. The Morgan fingerprint density at radius 1 is 1.00 bits per heavy atom. The van der Waals surface area contributed by atoms with Gasteiger partial charge in [-0.1, -0.05) is 24.3 Å². The van der Waals surface area contributed by atoms with Crippen LogP contribution in [-0.2, 0) is 0 Å². The fourth-order valence-electron chi connectivity index (χ4n) is 2.59. The summed E-state index contributed by atoms with van der Waals surface area (Å²) in [4.78, 5) is 25.7. The van der Waals surface area contributed by atoms with Gasteiger partial charge in [0.25, 0.3) is 5.91 Å². The normalized spacial score (nSPS) is 10.5. The molecule has 0 aliphatic heterocycles. The third kappa shape index (κ3) is 2.73. The van der Waals surface area contributed by atoms with E-state index < -0.39 is 11.9 Å². The monoisotopic (exact) mass is 325 g/mol. The van der Waals surface area contributed by atoms with Crippen LogP contribution in [0.25, 0.3) is 22.0 Å².